The molecule has 0 radical (unpaired) electrons. The second-order valence-electron chi connectivity index (χ2n) is 11.6. The molecule has 4 saturated heterocycles. The first-order chi connectivity index (χ1) is 16.1. The van der Waals surface area contributed by atoms with Gasteiger partial charge in [0.25, 0.3) is 0 Å². The quantitative estimate of drug-likeness (QED) is 0.480. The lowest BCUT2D eigenvalue weighted by molar-refractivity contribution is -0.234. The predicted octanol–water partition coefficient (Wildman–Crippen LogP) is 1.72. The normalized spacial score (nSPS) is 52.4. The average molecular weight is 472 g/mol. The van der Waals surface area contributed by atoms with E-state index in [0.717, 1.165) is 5.56 Å². The highest BCUT2D eigenvalue weighted by molar-refractivity contribution is 5.91. The number of ether oxygens (including phenoxy) is 4. The van der Waals surface area contributed by atoms with Crippen molar-refractivity contribution < 1.29 is 42.9 Å². The molecule has 34 heavy (non-hydrogen) atoms. The van der Waals surface area contributed by atoms with E-state index >= 15 is 0 Å². The van der Waals surface area contributed by atoms with Gasteiger partial charge in [0.1, 0.15) is 24.4 Å². The molecule has 10 atom stereocenters. The number of epoxide rings is 1. The monoisotopic (exact) mass is 472 g/mol. The molecule has 2 spiro atoms. The Kier molecular flexibility index (Phi) is 3.79. The van der Waals surface area contributed by atoms with Crippen molar-refractivity contribution in [2.75, 3.05) is 6.61 Å². The van der Waals surface area contributed by atoms with Crippen LogP contribution in [0.3, 0.4) is 0 Å². The zero-order chi connectivity index (χ0) is 23.8. The molecule has 6 fully saturated rings. The molecule has 1 aromatic heterocycles. The van der Waals surface area contributed by atoms with Crippen molar-refractivity contribution in [2.45, 2.75) is 75.7 Å². The number of rotatable bonds is 1. The molecule has 9 heteroatoms. The number of hydrogen-bond acceptors (Lipinski definition) is 9. The first kappa shape index (κ1) is 21.1. The number of fused-ring (bicyclic) bond motifs is 1. The van der Waals surface area contributed by atoms with Gasteiger partial charge in [-0.05, 0) is 38.7 Å². The summed E-state index contributed by atoms with van der Waals surface area (Å²) in [5.74, 6) is -2.29. The summed E-state index contributed by atoms with van der Waals surface area (Å²) in [4.78, 5) is 39.3. The van der Waals surface area contributed by atoms with Crippen molar-refractivity contribution in [1.82, 2.24) is 0 Å². The molecule has 0 amide bonds. The van der Waals surface area contributed by atoms with Gasteiger partial charge in [-0.15, -0.1) is 0 Å². The van der Waals surface area contributed by atoms with Gasteiger partial charge in [-0.25, -0.2) is 4.79 Å². The van der Waals surface area contributed by atoms with Gasteiger partial charge in [0, 0.05) is 22.3 Å². The molecule has 1 N–H and O–H groups in total. The molecule has 1 aromatic rings. The van der Waals surface area contributed by atoms with Crippen LogP contribution >= 0.6 is 0 Å². The highest BCUT2D eigenvalue weighted by Crippen LogP contribution is 2.76. The molecule has 7 rings (SSSR count). The van der Waals surface area contributed by atoms with Crippen molar-refractivity contribution in [2.24, 2.45) is 28.6 Å². The van der Waals surface area contributed by atoms with Crippen molar-refractivity contribution in [3.8, 4) is 0 Å². The fourth-order valence-electron chi connectivity index (χ4n) is 9.01. The van der Waals surface area contributed by atoms with Crippen LogP contribution in [0.4, 0.5) is 0 Å². The number of furan rings is 1. The third kappa shape index (κ3) is 2.08. The van der Waals surface area contributed by atoms with Crippen LogP contribution in [0.5, 0.6) is 0 Å². The van der Waals surface area contributed by atoms with E-state index in [9.17, 15) is 19.5 Å². The summed E-state index contributed by atoms with van der Waals surface area (Å²) in [6, 6.07) is 1.77. The summed E-state index contributed by atoms with van der Waals surface area (Å²) in [5.41, 5.74) is -3.05. The molecule has 2 saturated carbocycles. The van der Waals surface area contributed by atoms with Crippen LogP contribution in [0, 0.1) is 28.6 Å². The van der Waals surface area contributed by atoms with Gasteiger partial charge >= 0.3 is 11.9 Å². The topological polar surface area (TPSA) is 125 Å². The molecule has 10 unspecified atom stereocenters. The Morgan fingerprint density at radius 2 is 1.88 bits per heavy atom. The van der Waals surface area contributed by atoms with Gasteiger partial charge < -0.3 is 28.5 Å². The number of carbonyl (C=O) groups is 3. The third-order valence-electron chi connectivity index (χ3n) is 10.1. The highest BCUT2D eigenvalue weighted by atomic mass is 16.7. The predicted molar refractivity (Wildman–Crippen MR) is 111 cm³/mol. The Morgan fingerprint density at radius 3 is 2.62 bits per heavy atom. The van der Waals surface area contributed by atoms with Crippen molar-refractivity contribution in [1.29, 1.82) is 0 Å². The van der Waals surface area contributed by atoms with Crippen LogP contribution in [0.1, 0.15) is 51.7 Å². The van der Waals surface area contributed by atoms with Crippen LogP contribution in [0.2, 0.25) is 0 Å². The number of Topliss-reactive ketones (excluding diaryl/α,β-unsaturated/α-hetero) is 1. The van der Waals surface area contributed by atoms with Crippen molar-refractivity contribution in [3.05, 3.63) is 24.2 Å². The maximum atomic E-state index is 14.0. The molecule has 9 nitrogen and oxygen atoms in total. The first-order valence-electron chi connectivity index (χ1n) is 12.0. The number of carbonyl (C=O) groups excluding carboxylic acids is 3. The zero-order valence-electron chi connectivity index (χ0n) is 19.3. The second kappa shape index (κ2) is 6.12. The number of cyclic esters (lactones) is 2. The van der Waals surface area contributed by atoms with Gasteiger partial charge in [-0.2, -0.15) is 0 Å². The molecular formula is C25H28O9. The van der Waals surface area contributed by atoms with Gasteiger partial charge in [-0.3, -0.25) is 9.59 Å². The summed E-state index contributed by atoms with van der Waals surface area (Å²) < 4.78 is 29.3. The van der Waals surface area contributed by atoms with Crippen LogP contribution in [-0.4, -0.2) is 58.9 Å². The fourth-order valence-corrected chi connectivity index (χ4v) is 9.01. The lowest BCUT2D eigenvalue weighted by Gasteiger charge is -2.64. The zero-order valence-corrected chi connectivity index (χ0v) is 19.3. The molecule has 0 aromatic carbocycles. The molecule has 6 aliphatic rings. The number of hydrogen-bond donors (Lipinski definition) is 1. The Labute approximate surface area is 196 Å². The molecule has 182 valence electrons. The Morgan fingerprint density at radius 1 is 1.09 bits per heavy atom. The number of aliphatic hydroxyl groups excluding tert-OH is 1. The van der Waals surface area contributed by atoms with Crippen LogP contribution in [-0.2, 0) is 33.3 Å². The highest BCUT2D eigenvalue weighted by Gasteiger charge is 2.87. The van der Waals surface area contributed by atoms with E-state index in [-0.39, 0.29) is 36.6 Å². The van der Waals surface area contributed by atoms with Crippen LogP contribution in [0.15, 0.2) is 23.0 Å². The van der Waals surface area contributed by atoms with Crippen molar-refractivity contribution >= 4 is 17.7 Å². The molecule has 5 heterocycles. The minimum Gasteiger partial charge on any atom is -0.472 e. The van der Waals surface area contributed by atoms with Gasteiger partial charge in [0.05, 0.1) is 36.6 Å². The largest absolute Gasteiger partial charge is 0.472 e. The van der Waals surface area contributed by atoms with E-state index in [1.807, 2.05) is 20.8 Å². The minimum absolute atomic E-state index is 0.0599. The van der Waals surface area contributed by atoms with E-state index < -0.39 is 58.3 Å². The van der Waals surface area contributed by atoms with E-state index in [1.165, 1.54) is 6.26 Å². The smallest absolute Gasteiger partial charge is 0.339 e. The van der Waals surface area contributed by atoms with Crippen LogP contribution < -0.4 is 0 Å². The van der Waals surface area contributed by atoms with Gasteiger partial charge in [0.2, 0.25) is 0 Å². The van der Waals surface area contributed by atoms with E-state index in [1.54, 1.807) is 12.3 Å². The maximum Gasteiger partial charge on any atom is 0.339 e. The minimum atomic E-state index is -1.35. The lowest BCUT2D eigenvalue weighted by Crippen LogP contribution is -2.74. The second-order valence-corrected chi connectivity index (χ2v) is 11.6. The number of aliphatic hydroxyl groups is 1. The standard InChI is InChI=1S/C25H28O9/c1-22(2)18-16(27)19(28)23(3)13(24(18)10-31-15(26)8-14(24)33-22)5-4-12-17(11-6-7-30-9-11)32-21(29)20-25(12,23)34-20/h6-7,9,12-14,17-20,28H,4-5,8,10H2,1-3H3. The Balaban J connectivity index is 1.41. The summed E-state index contributed by atoms with van der Waals surface area (Å²) in [6.07, 6.45) is 1.19. The average Bonchev–Trinajstić information content (AvgIpc) is 3.21. The van der Waals surface area contributed by atoms with Crippen LogP contribution in [0.25, 0.3) is 0 Å². The van der Waals surface area contributed by atoms with Crippen molar-refractivity contribution in [3.63, 3.8) is 0 Å². The first-order valence-corrected chi connectivity index (χ1v) is 12.0. The fraction of sp³-hybridized carbons (Fsp3) is 0.720. The molecule has 0 bridgehead atoms. The SMILES string of the molecule is CC1(C)OC2CC(=O)OCC23C1C(=O)C(O)C1(C)C3CCC2C(c3ccoc3)OC(=O)C3OC321. The Hall–Kier alpha value is -2.23. The number of ketones is 1. The molecule has 4 aliphatic heterocycles. The third-order valence-corrected chi connectivity index (χ3v) is 10.1. The van der Waals surface area contributed by atoms with E-state index in [0.29, 0.717) is 12.8 Å². The lowest BCUT2D eigenvalue weighted by atomic mass is 9.39. The molecular weight excluding hydrogens is 444 g/mol. The maximum absolute atomic E-state index is 14.0. The molecule has 2 aliphatic carbocycles. The summed E-state index contributed by atoms with van der Waals surface area (Å²) in [7, 11) is 0. The summed E-state index contributed by atoms with van der Waals surface area (Å²) in [5, 5.41) is 11.7. The van der Waals surface area contributed by atoms with Gasteiger partial charge in [-0.1, -0.05) is 6.92 Å². The number of esters is 2. The van der Waals surface area contributed by atoms with Gasteiger partial charge in [0.15, 0.2) is 11.9 Å². The van der Waals surface area contributed by atoms with E-state index in [2.05, 4.69) is 0 Å². The Bertz CT molecular complexity index is 1110. The summed E-state index contributed by atoms with van der Waals surface area (Å²) in [6.45, 7) is 5.64. The summed E-state index contributed by atoms with van der Waals surface area (Å²) >= 11 is 0. The van der Waals surface area contributed by atoms with E-state index in [4.69, 9.17) is 23.4 Å².